The van der Waals surface area contributed by atoms with E-state index in [-0.39, 0.29) is 0 Å². The van der Waals surface area contributed by atoms with E-state index < -0.39 is 5.97 Å². The maximum atomic E-state index is 11.6. The van der Waals surface area contributed by atoms with E-state index in [9.17, 15) is 4.79 Å². The van der Waals surface area contributed by atoms with Gasteiger partial charge in [0.25, 0.3) is 0 Å². The first kappa shape index (κ1) is 13.9. The number of rotatable bonds is 4. The molecule has 0 aliphatic rings. The lowest BCUT2D eigenvalue weighted by atomic mass is 10.1. The zero-order chi connectivity index (χ0) is 14.5. The molecule has 4 nitrogen and oxygen atoms in total. The highest BCUT2D eigenvalue weighted by molar-refractivity contribution is 5.98. The van der Waals surface area contributed by atoms with Gasteiger partial charge in [0.1, 0.15) is 0 Å². The number of anilines is 2. The maximum absolute atomic E-state index is 11.6. The molecule has 0 bridgehead atoms. The molecule has 0 radical (unpaired) electrons. The van der Waals surface area contributed by atoms with Crippen molar-refractivity contribution in [2.75, 3.05) is 18.2 Å². The first-order chi connectivity index (χ1) is 9.63. The highest BCUT2D eigenvalue weighted by Crippen LogP contribution is 2.24. The third-order valence-corrected chi connectivity index (χ3v) is 3.24. The number of nitrogens with one attached hydrogen (secondary N) is 1. The van der Waals surface area contributed by atoms with Gasteiger partial charge >= 0.3 is 5.97 Å². The molecule has 2 aromatic carbocycles. The number of aryl methyl sites for hydroxylation is 1. The van der Waals surface area contributed by atoms with E-state index in [4.69, 9.17) is 10.5 Å². The number of nitrogens with two attached hydrogens (primary N) is 1. The summed E-state index contributed by atoms with van der Waals surface area (Å²) in [4.78, 5) is 11.6. The van der Waals surface area contributed by atoms with E-state index in [0.29, 0.717) is 17.8 Å². The number of hydrogen-bond donors (Lipinski definition) is 2. The van der Waals surface area contributed by atoms with E-state index >= 15 is 0 Å². The fourth-order valence-corrected chi connectivity index (χ4v) is 2.01. The Morgan fingerprint density at radius 1 is 1.20 bits per heavy atom. The number of esters is 1. The Hall–Kier alpha value is -2.49. The molecule has 0 atom stereocenters. The number of carbonyl (C=O) groups excluding carboxylic acids is 1. The van der Waals surface area contributed by atoms with Crippen LogP contribution in [-0.4, -0.2) is 13.1 Å². The van der Waals surface area contributed by atoms with Crippen LogP contribution in [0.4, 0.5) is 11.4 Å². The minimum Gasteiger partial charge on any atom is -0.465 e. The Kier molecular flexibility index (Phi) is 4.25. The molecule has 4 heteroatoms. The van der Waals surface area contributed by atoms with E-state index in [1.54, 1.807) is 12.1 Å². The van der Waals surface area contributed by atoms with Crippen molar-refractivity contribution < 1.29 is 9.53 Å². The van der Waals surface area contributed by atoms with Gasteiger partial charge in [0, 0.05) is 6.54 Å². The number of para-hydroxylation sites is 1. The maximum Gasteiger partial charge on any atom is 0.340 e. The fourth-order valence-electron chi connectivity index (χ4n) is 2.01. The molecule has 0 amide bonds. The van der Waals surface area contributed by atoms with Gasteiger partial charge in [-0.2, -0.15) is 0 Å². The first-order valence-electron chi connectivity index (χ1n) is 6.38. The summed E-state index contributed by atoms with van der Waals surface area (Å²) in [5.41, 5.74) is 9.92. The van der Waals surface area contributed by atoms with Crippen LogP contribution in [0.15, 0.2) is 42.5 Å². The van der Waals surface area contributed by atoms with E-state index in [2.05, 4.69) is 24.4 Å². The number of carbonyl (C=O) groups is 1. The van der Waals surface area contributed by atoms with Crippen molar-refractivity contribution in [2.24, 2.45) is 0 Å². The number of benzene rings is 2. The average Bonchev–Trinajstić information content (AvgIpc) is 2.47. The third-order valence-electron chi connectivity index (χ3n) is 3.24. The van der Waals surface area contributed by atoms with Crippen molar-refractivity contribution in [2.45, 2.75) is 13.5 Å². The molecule has 0 unspecified atom stereocenters. The van der Waals surface area contributed by atoms with Gasteiger partial charge in [-0.05, 0) is 30.2 Å². The minimum absolute atomic E-state index is 0.377. The molecule has 2 aromatic rings. The van der Waals surface area contributed by atoms with Crippen molar-refractivity contribution in [1.82, 2.24) is 0 Å². The minimum atomic E-state index is -0.429. The van der Waals surface area contributed by atoms with Gasteiger partial charge in [-0.3, -0.25) is 0 Å². The van der Waals surface area contributed by atoms with Gasteiger partial charge in [-0.15, -0.1) is 0 Å². The van der Waals surface area contributed by atoms with E-state index in [1.807, 2.05) is 18.2 Å². The molecule has 0 spiro atoms. The third kappa shape index (κ3) is 2.91. The van der Waals surface area contributed by atoms with Crippen molar-refractivity contribution in [1.29, 1.82) is 0 Å². The lowest BCUT2D eigenvalue weighted by Gasteiger charge is -2.13. The highest BCUT2D eigenvalue weighted by atomic mass is 16.5. The molecular weight excluding hydrogens is 252 g/mol. The fraction of sp³-hybridized carbons (Fsp3) is 0.188. The second-order valence-electron chi connectivity index (χ2n) is 4.54. The van der Waals surface area contributed by atoms with E-state index in [1.165, 1.54) is 18.2 Å². The van der Waals surface area contributed by atoms with Crippen LogP contribution in [0.25, 0.3) is 0 Å². The number of methoxy groups -OCH3 is 1. The molecule has 2 rings (SSSR count). The summed E-state index contributed by atoms with van der Waals surface area (Å²) in [7, 11) is 1.34. The summed E-state index contributed by atoms with van der Waals surface area (Å²) < 4.78 is 4.71. The van der Waals surface area contributed by atoms with Gasteiger partial charge in [0.05, 0.1) is 24.0 Å². The quantitative estimate of drug-likeness (QED) is 0.662. The molecule has 3 N–H and O–H groups in total. The number of ether oxygens (including phenoxy) is 1. The highest BCUT2D eigenvalue weighted by Gasteiger charge is 2.12. The summed E-state index contributed by atoms with van der Waals surface area (Å²) in [6.45, 7) is 2.72. The molecule has 0 heterocycles. The van der Waals surface area contributed by atoms with Crippen LogP contribution in [0.5, 0.6) is 0 Å². The van der Waals surface area contributed by atoms with Gasteiger partial charge in [0.2, 0.25) is 0 Å². The summed E-state index contributed by atoms with van der Waals surface area (Å²) in [5.74, 6) is -0.429. The lowest BCUT2D eigenvalue weighted by molar-refractivity contribution is 0.0602. The molecule has 20 heavy (non-hydrogen) atoms. The van der Waals surface area contributed by atoms with Crippen LogP contribution in [0.2, 0.25) is 0 Å². The van der Waals surface area contributed by atoms with Crippen LogP contribution >= 0.6 is 0 Å². The zero-order valence-corrected chi connectivity index (χ0v) is 11.6. The van der Waals surface area contributed by atoms with Gasteiger partial charge < -0.3 is 15.8 Å². The first-order valence-corrected chi connectivity index (χ1v) is 6.38. The van der Waals surface area contributed by atoms with Crippen molar-refractivity contribution in [3.63, 3.8) is 0 Å². The van der Waals surface area contributed by atoms with Crippen LogP contribution in [0.3, 0.4) is 0 Å². The Bertz CT molecular complexity index is 624. The predicted molar refractivity (Wildman–Crippen MR) is 80.7 cm³/mol. The normalized spacial score (nSPS) is 10.1. The molecular formula is C16H18N2O2. The van der Waals surface area contributed by atoms with Gasteiger partial charge in [-0.25, -0.2) is 4.79 Å². The summed E-state index contributed by atoms with van der Waals surface area (Å²) in [5, 5.41) is 3.26. The van der Waals surface area contributed by atoms with Crippen LogP contribution in [0.1, 0.15) is 21.5 Å². The van der Waals surface area contributed by atoms with Crippen molar-refractivity contribution >= 4 is 17.3 Å². The molecule has 0 saturated heterocycles. The molecule has 0 fully saturated rings. The Balaban J connectivity index is 2.18. The molecule has 104 valence electrons. The topological polar surface area (TPSA) is 64.3 Å². The second kappa shape index (κ2) is 6.10. The van der Waals surface area contributed by atoms with Crippen molar-refractivity contribution in [3.8, 4) is 0 Å². The average molecular weight is 270 g/mol. The summed E-state index contributed by atoms with van der Waals surface area (Å²) in [6, 6.07) is 13.4. The summed E-state index contributed by atoms with van der Waals surface area (Å²) >= 11 is 0. The van der Waals surface area contributed by atoms with Gasteiger partial charge in [0.15, 0.2) is 0 Å². The van der Waals surface area contributed by atoms with Crippen LogP contribution in [-0.2, 0) is 11.3 Å². The van der Waals surface area contributed by atoms with Gasteiger partial charge in [-0.1, -0.05) is 30.3 Å². The Morgan fingerprint density at radius 3 is 2.65 bits per heavy atom. The smallest absolute Gasteiger partial charge is 0.340 e. The predicted octanol–water partition coefficient (Wildman–Crippen LogP) is 2.98. The Labute approximate surface area is 118 Å². The Morgan fingerprint density at radius 2 is 1.95 bits per heavy atom. The van der Waals surface area contributed by atoms with Crippen LogP contribution in [0, 0.1) is 6.92 Å². The van der Waals surface area contributed by atoms with Crippen LogP contribution < -0.4 is 11.1 Å². The monoisotopic (exact) mass is 270 g/mol. The molecule has 0 aromatic heterocycles. The van der Waals surface area contributed by atoms with Crippen molar-refractivity contribution in [3.05, 3.63) is 59.2 Å². The number of nitrogen functional groups attached to an aromatic ring is 1. The van der Waals surface area contributed by atoms with E-state index in [0.717, 1.165) is 5.69 Å². The standard InChI is InChI=1S/C16H18N2O2/c1-11-6-3-4-7-12(11)10-18-14-9-5-8-13(15(14)17)16(19)20-2/h3-9,18H,10,17H2,1-2H3. The largest absolute Gasteiger partial charge is 0.465 e. The SMILES string of the molecule is COC(=O)c1cccc(NCc2ccccc2C)c1N. The number of hydrogen-bond acceptors (Lipinski definition) is 4. The zero-order valence-electron chi connectivity index (χ0n) is 11.6. The molecule has 0 aliphatic heterocycles. The molecule has 0 saturated carbocycles. The lowest BCUT2D eigenvalue weighted by Crippen LogP contribution is -2.09. The second-order valence-corrected chi connectivity index (χ2v) is 4.54. The molecule has 0 aliphatic carbocycles. The summed E-state index contributed by atoms with van der Waals surface area (Å²) in [6.07, 6.45) is 0.